The van der Waals surface area contributed by atoms with Crippen LogP contribution in [-0.4, -0.2) is 10.7 Å². The average molecular weight is 393 g/mol. The Hall–Kier alpha value is -1.08. The van der Waals surface area contributed by atoms with E-state index >= 15 is 0 Å². The van der Waals surface area contributed by atoms with Gasteiger partial charge < -0.3 is 5.11 Å². The van der Waals surface area contributed by atoms with Crippen LogP contribution in [0.1, 0.15) is 83.6 Å². The second kappa shape index (κ2) is 6.98. The summed E-state index contributed by atoms with van der Waals surface area (Å²) in [5.41, 5.74) is 3.35. The standard InChI is InChI=1S/C28H40O/c1-20-9-12-24-23-11-10-22-19-28(29,16-13-21-7-5-4-6-8-21)18-17-27(22,3)25(23)14-15-26(20,24)2/h4-8,22-25,29H,1,9-19H2,2-3H3/t22?,23?,24?,25?,26-,27+,28-/m1/s1. The first kappa shape index (κ1) is 19.9. The van der Waals surface area contributed by atoms with Crippen LogP contribution in [0.4, 0.5) is 0 Å². The van der Waals surface area contributed by atoms with Crippen LogP contribution >= 0.6 is 0 Å². The minimum Gasteiger partial charge on any atom is -0.390 e. The predicted octanol–water partition coefficient (Wildman–Crippen LogP) is 6.95. The molecular weight excluding hydrogens is 352 g/mol. The molecule has 5 rings (SSSR count). The lowest BCUT2D eigenvalue weighted by molar-refractivity contribution is -0.145. The molecule has 1 N–H and O–H groups in total. The van der Waals surface area contributed by atoms with Crippen LogP contribution in [0.2, 0.25) is 0 Å². The molecule has 0 aromatic heterocycles. The van der Waals surface area contributed by atoms with Crippen LogP contribution < -0.4 is 0 Å². The van der Waals surface area contributed by atoms with Crippen LogP contribution in [0.25, 0.3) is 0 Å². The number of hydrogen-bond donors (Lipinski definition) is 1. The van der Waals surface area contributed by atoms with Gasteiger partial charge in [-0.3, -0.25) is 0 Å². The minimum absolute atomic E-state index is 0.426. The highest BCUT2D eigenvalue weighted by molar-refractivity contribution is 5.22. The zero-order valence-corrected chi connectivity index (χ0v) is 18.6. The van der Waals surface area contributed by atoms with Crippen molar-refractivity contribution in [3.63, 3.8) is 0 Å². The van der Waals surface area contributed by atoms with E-state index in [4.69, 9.17) is 0 Å². The van der Waals surface area contributed by atoms with Crippen LogP contribution in [0.5, 0.6) is 0 Å². The Kier molecular flexibility index (Phi) is 4.78. The smallest absolute Gasteiger partial charge is 0.0654 e. The minimum atomic E-state index is -0.447. The number of allylic oxidation sites excluding steroid dienone is 1. The van der Waals surface area contributed by atoms with Gasteiger partial charge in [-0.1, -0.05) is 56.3 Å². The first-order valence-electron chi connectivity index (χ1n) is 12.3. The van der Waals surface area contributed by atoms with Gasteiger partial charge in [0.15, 0.2) is 0 Å². The molecule has 0 aliphatic heterocycles. The summed E-state index contributed by atoms with van der Waals surface area (Å²) >= 11 is 0. The van der Waals surface area contributed by atoms with Crippen LogP contribution in [0, 0.1) is 34.5 Å². The van der Waals surface area contributed by atoms with E-state index in [0.717, 1.165) is 43.4 Å². The van der Waals surface area contributed by atoms with Gasteiger partial charge in [0.2, 0.25) is 0 Å². The van der Waals surface area contributed by atoms with Crippen molar-refractivity contribution in [3.8, 4) is 0 Å². The van der Waals surface area contributed by atoms with Crippen molar-refractivity contribution in [3.05, 3.63) is 48.0 Å². The van der Waals surface area contributed by atoms with Crippen molar-refractivity contribution in [2.75, 3.05) is 0 Å². The molecule has 158 valence electrons. The third-order valence-corrected chi connectivity index (χ3v) is 10.5. The molecule has 1 nitrogen and oxygen atoms in total. The molecular formula is C28H40O. The molecule has 0 amide bonds. The number of aryl methyl sites for hydroxylation is 1. The van der Waals surface area contributed by atoms with Gasteiger partial charge >= 0.3 is 0 Å². The van der Waals surface area contributed by atoms with E-state index in [0.29, 0.717) is 16.7 Å². The first-order chi connectivity index (χ1) is 13.8. The topological polar surface area (TPSA) is 20.2 Å². The summed E-state index contributed by atoms with van der Waals surface area (Å²) in [5, 5.41) is 11.5. The Morgan fingerprint density at radius 3 is 2.55 bits per heavy atom. The molecule has 0 spiro atoms. The number of rotatable bonds is 3. The predicted molar refractivity (Wildman–Crippen MR) is 121 cm³/mol. The third-order valence-electron chi connectivity index (χ3n) is 10.5. The van der Waals surface area contributed by atoms with Crippen molar-refractivity contribution >= 4 is 0 Å². The quantitative estimate of drug-likeness (QED) is 0.552. The summed E-state index contributed by atoms with van der Waals surface area (Å²) in [4.78, 5) is 0. The zero-order valence-electron chi connectivity index (χ0n) is 18.6. The van der Waals surface area contributed by atoms with E-state index in [-0.39, 0.29) is 0 Å². The fraction of sp³-hybridized carbons (Fsp3) is 0.714. The zero-order chi connectivity index (χ0) is 20.3. The molecule has 4 unspecified atom stereocenters. The second-order valence-corrected chi connectivity index (χ2v) is 11.7. The maximum Gasteiger partial charge on any atom is 0.0654 e. The van der Waals surface area contributed by atoms with Gasteiger partial charge in [0.05, 0.1) is 5.60 Å². The molecule has 7 atom stereocenters. The number of aliphatic hydroxyl groups is 1. The molecule has 1 heteroatoms. The molecule has 0 saturated heterocycles. The average Bonchev–Trinajstić information content (AvgIpc) is 3.03. The summed E-state index contributed by atoms with van der Waals surface area (Å²) < 4.78 is 0. The Bertz CT molecular complexity index is 768. The molecule has 0 radical (unpaired) electrons. The SMILES string of the molecule is C=C1CCC2C3CCC4C[C@@](O)(CCc5ccccc5)CC[C@]4(C)C3CC[C@]12C. The van der Waals surface area contributed by atoms with Gasteiger partial charge in [-0.25, -0.2) is 0 Å². The van der Waals surface area contributed by atoms with Gasteiger partial charge in [0.25, 0.3) is 0 Å². The van der Waals surface area contributed by atoms with E-state index in [1.54, 1.807) is 5.57 Å². The summed E-state index contributed by atoms with van der Waals surface area (Å²) in [5.74, 6) is 3.38. The van der Waals surface area contributed by atoms with Crippen LogP contribution in [0.3, 0.4) is 0 Å². The molecule has 0 heterocycles. The molecule has 1 aromatic carbocycles. The normalized spacial score (nSPS) is 46.7. The maximum atomic E-state index is 11.5. The summed E-state index contributed by atoms with van der Waals surface area (Å²) in [6, 6.07) is 10.7. The summed E-state index contributed by atoms with van der Waals surface area (Å²) in [6.07, 6.45) is 13.4. The van der Waals surface area contributed by atoms with E-state index in [1.165, 1.54) is 50.5 Å². The summed E-state index contributed by atoms with van der Waals surface area (Å²) in [7, 11) is 0. The lowest BCUT2D eigenvalue weighted by Gasteiger charge is -2.61. The van der Waals surface area contributed by atoms with Gasteiger partial charge in [-0.15, -0.1) is 0 Å². The van der Waals surface area contributed by atoms with Crippen molar-refractivity contribution < 1.29 is 5.11 Å². The van der Waals surface area contributed by atoms with Gasteiger partial charge in [0.1, 0.15) is 0 Å². The number of hydrogen-bond acceptors (Lipinski definition) is 1. The highest BCUT2D eigenvalue weighted by atomic mass is 16.3. The van der Waals surface area contributed by atoms with Crippen LogP contribution in [-0.2, 0) is 6.42 Å². The van der Waals surface area contributed by atoms with Crippen LogP contribution in [0.15, 0.2) is 42.5 Å². The second-order valence-electron chi connectivity index (χ2n) is 11.7. The maximum absolute atomic E-state index is 11.5. The molecule has 4 aliphatic rings. The van der Waals surface area contributed by atoms with Gasteiger partial charge in [0, 0.05) is 0 Å². The number of benzene rings is 1. The van der Waals surface area contributed by atoms with Gasteiger partial charge in [-0.05, 0) is 111 Å². The molecule has 4 fully saturated rings. The lowest BCUT2D eigenvalue weighted by Crippen LogP contribution is -2.55. The van der Waals surface area contributed by atoms with E-state index < -0.39 is 5.60 Å². The fourth-order valence-electron chi connectivity index (χ4n) is 8.48. The monoisotopic (exact) mass is 392 g/mol. The molecule has 0 bridgehead atoms. The first-order valence-corrected chi connectivity index (χ1v) is 12.3. The van der Waals surface area contributed by atoms with E-state index in [9.17, 15) is 5.11 Å². The van der Waals surface area contributed by atoms with E-state index in [2.05, 4.69) is 50.8 Å². The Balaban J connectivity index is 1.30. The Morgan fingerprint density at radius 1 is 0.966 bits per heavy atom. The largest absolute Gasteiger partial charge is 0.390 e. The van der Waals surface area contributed by atoms with Crippen molar-refractivity contribution in [2.45, 2.75) is 90.1 Å². The summed E-state index contributed by atoms with van der Waals surface area (Å²) in [6.45, 7) is 9.62. The third kappa shape index (κ3) is 3.14. The Morgan fingerprint density at radius 2 is 1.76 bits per heavy atom. The van der Waals surface area contributed by atoms with Gasteiger partial charge in [-0.2, -0.15) is 0 Å². The van der Waals surface area contributed by atoms with Crippen molar-refractivity contribution in [2.24, 2.45) is 34.5 Å². The Labute approximate surface area is 178 Å². The number of fused-ring (bicyclic) bond motifs is 5. The fourth-order valence-corrected chi connectivity index (χ4v) is 8.48. The highest BCUT2D eigenvalue weighted by Crippen LogP contribution is 2.67. The van der Waals surface area contributed by atoms with Crippen molar-refractivity contribution in [1.82, 2.24) is 0 Å². The highest BCUT2D eigenvalue weighted by Gasteiger charge is 2.59. The lowest BCUT2D eigenvalue weighted by atomic mass is 9.44. The van der Waals surface area contributed by atoms with E-state index in [1.807, 2.05) is 0 Å². The molecule has 4 saturated carbocycles. The molecule has 4 aliphatic carbocycles. The molecule has 1 aromatic rings. The molecule has 29 heavy (non-hydrogen) atoms. The van der Waals surface area contributed by atoms with Crippen molar-refractivity contribution in [1.29, 1.82) is 0 Å².